The fraction of sp³-hybridized carbons (Fsp3) is 0.280. The maximum Gasteiger partial charge on any atom is 0.268 e. The number of thiophene rings is 1. The van der Waals surface area contributed by atoms with E-state index < -0.39 is 0 Å². The van der Waals surface area contributed by atoms with Gasteiger partial charge in [-0.3, -0.25) is 20.0 Å². The summed E-state index contributed by atoms with van der Waals surface area (Å²) in [5.41, 5.74) is 2.97. The van der Waals surface area contributed by atoms with Crippen LogP contribution in [0.3, 0.4) is 0 Å². The lowest BCUT2D eigenvalue weighted by Gasteiger charge is -2.46. The number of rotatable bonds is 5. The lowest BCUT2D eigenvalue weighted by molar-refractivity contribution is -0.125. The number of imidazole rings is 1. The summed E-state index contributed by atoms with van der Waals surface area (Å²) in [6.45, 7) is 5.17. The third kappa shape index (κ3) is 3.43. The number of amides is 2. The highest BCUT2D eigenvalue weighted by atomic mass is 32.1. The van der Waals surface area contributed by atoms with Gasteiger partial charge in [0.15, 0.2) is 0 Å². The Kier molecular flexibility index (Phi) is 4.88. The lowest BCUT2D eigenvalue weighted by atomic mass is 9.65. The Morgan fingerprint density at radius 1 is 1.24 bits per heavy atom. The first-order chi connectivity index (χ1) is 16.5. The van der Waals surface area contributed by atoms with E-state index in [0.29, 0.717) is 10.8 Å². The molecule has 172 valence electrons. The third-order valence-corrected chi connectivity index (χ3v) is 8.19. The second-order valence-electron chi connectivity index (χ2n) is 9.18. The van der Waals surface area contributed by atoms with Crippen molar-refractivity contribution in [2.45, 2.75) is 25.3 Å². The molecule has 4 heterocycles. The Hall–Kier alpha value is -3.72. The molecule has 34 heavy (non-hydrogen) atoms. The van der Waals surface area contributed by atoms with E-state index >= 15 is 0 Å². The van der Waals surface area contributed by atoms with Crippen LogP contribution >= 0.6 is 11.3 Å². The highest BCUT2D eigenvalue weighted by Crippen LogP contribution is 2.55. The summed E-state index contributed by atoms with van der Waals surface area (Å²) in [4.78, 5) is 33.4. The van der Waals surface area contributed by atoms with Gasteiger partial charge >= 0.3 is 0 Å². The van der Waals surface area contributed by atoms with Crippen LogP contribution < -0.4 is 5.32 Å². The van der Waals surface area contributed by atoms with Crippen molar-refractivity contribution in [1.29, 1.82) is 0 Å². The Morgan fingerprint density at radius 2 is 2.09 bits per heavy atom. The summed E-state index contributed by atoms with van der Waals surface area (Å²) in [6, 6.07) is 12.0. The van der Waals surface area contributed by atoms with Gasteiger partial charge in [0.05, 0.1) is 22.1 Å². The van der Waals surface area contributed by atoms with Crippen molar-refractivity contribution < 1.29 is 9.59 Å². The monoisotopic (exact) mass is 472 g/mol. The van der Waals surface area contributed by atoms with Gasteiger partial charge in [-0.05, 0) is 55.0 Å². The summed E-state index contributed by atoms with van der Waals surface area (Å²) < 4.78 is 2.17. The Bertz CT molecular complexity index is 1400. The van der Waals surface area contributed by atoms with Crippen molar-refractivity contribution in [1.82, 2.24) is 24.6 Å². The van der Waals surface area contributed by atoms with Crippen LogP contribution in [0.1, 0.15) is 35.0 Å². The number of hydrogen-bond acceptors (Lipinski definition) is 5. The van der Waals surface area contributed by atoms with E-state index in [1.54, 1.807) is 6.20 Å². The SMILES string of the molecule is C=CC(=O)N1CC[C@]2(C1)C[C@H](n1c(NC(=O)c3ccc(-c4cn[nH]c4)s3)nc3ccccc31)C2. The Labute approximate surface area is 200 Å². The average Bonchev–Trinajstić information content (AvgIpc) is 3.62. The molecule has 2 fully saturated rings. The molecule has 3 aromatic heterocycles. The van der Waals surface area contributed by atoms with Crippen LogP contribution in [0.5, 0.6) is 0 Å². The van der Waals surface area contributed by atoms with Gasteiger partial charge in [-0.15, -0.1) is 11.3 Å². The number of likely N-dealkylation sites (tertiary alicyclic amines) is 1. The van der Waals surface area contributed by atoms with Crippen molar-refractivity contribution in [3.8, 4) is 10.4 Å². The van der Waals surface area contributed by atoms with Crippen LogP contribution in [-0.4, -0.2) is 49.6 Å². The van der Waals surface area contributed by atoms with Gasteiger partial charge in [-0.25, -0.2) is 4.98 Å². The van der Waals surface area contributed by atoms with Crippen LogP contribution in [-0.2, 0) is 4.79 Å². The number of nitrogens with zero attached hydrogens (tertiary/aromatic N) is 4. The highest BCUT2D eigenvalue weighted by molar-refractivity contribution is 7.17. The molecule has 0 bridgehead atoms. The molecule has 0 radical (unpaired) electrons. The quantitative estimate of drug-likeness (QED) is 0.419. The first-order valence-electron chi connectivity index (χ1n) is 11.3. The Morgan fingerprint density at radius 3 is 2.88 bits per heavy atom. The zero-order valence-electron chi connectivity index (χ0n) is 18.5. The molecule has 6 rings (SSSR count). The molecule has 8 nitrogen and oxygen atoms in total. The number of H-pyrrole nitrogens is 1. The van der Waals surface area contributed by atoms with E-state index in [2.05, 4.69) is 26.7 Å². The number of anilines is 1. The number of benzene rings is 1. The van der Waals surface area contributed by atoms with E-state index in [4.69, 9.17) is 4.98 Å². The predicted molar refractivity (Wildman–Crippen MR) is 132 cm³/mol. The summed E-state index contributed by atoms with van der Waals surface area (Å²) in [7, 11) is 0. The van der Waals surface area contributed by atoms with Gasteiger partial charge < -0.3 is 9.47 Å². The van der Waals surface area contributed by atoms with Crippen LogP contribution in [0.4, 0.5) is 5.95 Å². The first-order valence-corrected chi connectivity index (χ1v) is 12.2. The molecule has 4 aromatic rings. The van der Waals surface area contributed by atoms with Gasteiger partial charge in [-0.2, -0.15) is 5.10 Å². The van der Waals surface area contributed by atoms with Crippen LogP contribution in [0.25, 0.3) is 21.5 Å². The largest absolute Gasteiger partial charge is 0.339 e. The molecule has 2 aliphatic rings. The zero-order valence-corrected chi connectivity index (χ0v) is 19.3. The van der Waals surface area contributed by atoms with Crippen molar-refractivity contribution in [3.05, 3.63) is 66.3 Å². The first kappa shape index (κ1) is 20.9. The molecular formula is C25H24N6O2S. The molecular weight excluding hydrogens is 448 g/mol. The molecule has 0 unspecified atom stereocenters. The molecule has 1 aliphatic heterocycles. The fourth-order valence-electron chi connectivity index (χ4n) is 5.37. The number of aromatic nitrogens is 4. The average molecular weight is 473 g/mol. The number of fused-ring (bicyclic) bond motifs is 1. The van der Waals surface area contributed by atoms with Gasteiger partial charge in [0.25, 0.3) is 5.91 Å². The number of hydrogen-bond donors (Lipinski definition) is 2. The third-order valence-electron chi connectivity index (χ3n) is 7.06. The predicted octanol–water partition coefficient (Wildman–Crippen LogP) is 4.48. The zero-order chi connectivity index (χ0) is 23.3. The number of aromatic amines is 1. The number of carbonyl (C=O) groups is 2. The number of para-hydroxylation sites is 2. The molecule has 1 saturated carbocycles. The van der Waals surface area contributed by atoms with Crippen molar-refractivity contribution in [3.63, 3.8) is 0 Å². The molecule has 1 aromatic carbocycles. The minimum Gasteiger partial charge on any atom is -0.339 e. The molecule has 9 heteroatoms. The molecule has 1 spiro atoms. The van der Waals surface area contributed by atoms with Crippen molar-refractivity contribution in [2.75, 3.05) is 18.4 Å². The van der Waals surface area contributed by atoms with E-state index in [-0.39, 0.29) is 23.3 Å². The Balaban J connectivity index is 1.25. The standard InChI is InChI=1S/C25H24N6O2S/c1-2-22(32)30-10-9-25(15-30)11-17(12-25)31-19-6-4-3-5-18(19)28-24(31)29-23(33)21-8-7-20(34-21)16-13-26-27-14-16/h2-8,13-14,17H,1,9-12,15H2,(H,26,27)(H,28,29,33)/t17-,25-. The molecule has 1 saturated heterocycles. The van der Waals surface area contributed by atoms with E-state index in [1.807, 2.05) is 47.5 Å². The smallest absolute Gasteiger partial charge is 0.268 e. The number of carbonyl (C=O) groups excluding carboxylic acids is 2. The molecule has 1 aliphatic carbocycles. The van der Waals surface area contributed by atoms with E-state index in [9.17, 15) is 9.59 Å². The fourth-order valence-corrected chi connectivity index (χ4v) is 6.26. The van der Waals surface area contributed by atoms with Gasteiger partial charge in [-0.1, -0.05) is 18.7 Å². The van der Waals surface area contributed by atoms with Gasteiger partial charge in [0.1, 0.15) is 0 Å². The van der Waals surface area contributed by atoms with Crippen LogP contribution in [0.2, 0.25) is 0 Å². The second-order valence-corrected chi connectivity index (χ2v) is 10.3. The van der Waals surface area contributed by atoms with Gasteiger partial charge in [0, 0.05) is 35.8 Å². The van der Waals surface area contributed by atoms with Crippen molar-refractivity contribution >= 4 is 40.1 Å². The van der Waals surface area contributed by atoms with E-state index in [0.717, 1.165) is 53.8 Å². The van der Waals surface area contributed by atoms with Crippen LogP contribution in [0, 0.1) is 5.41 Å². The normalized spacial score (nSPS) is 21.6. The summed E-state index contributed by atoms with van der Waals surface area (Å²) in [6.07, 6.45) is 7.87. The maximum absolute atomic E-state index is 13.1. The van der Waals surface area contributed by atoms with Crippen molar-refractivity contribution in [2.24, 2.45) is 5.41 Å². The highest BCUT2D eigenvalue weighted by Gasteiger charge is 2.50. The minimum atomic E-state index is -0.172. The summed E-state index contributed by atoms with van der Waals surface area (Å²) in [5.74, 6) is 0.405. The summed E-state index contributed by atoms with van der Waals surface area (Å²) in [5, 5.41) is 9.85. The lowest BCUT2D eigenvalue weighted by Crippen LogP contribution is -2.42. The number of nitrogens with one attached hydrogen (secondary N) is 2. The summed E-state index contributed by atoms with van der Waals surface area (Å²) >= 11 is 1.42. The van der Waals surface area contributed by atoms with E-state index in [1.165, 1.54) is 17.4 Å². The minimum absolute atomic E-state index is 0.00657. The van der Waals surface area contributed by atoms with Gasteiger partial charge in [0.2, 0.25) is 11.9 Å². The van der Waals surface area contributed by atoms with Crippen LogP contribution in [0.15, 0.2) is 61.4 Å². The molecule has 2 amide bonds. The second kappa shape index (κ2) is 7.95. The molecule has 0 atom stereocenters. The topological polar surface area (TPSA) is 95.9 Å². The maximum atomic E-state index is 13.1. The molecule has 2 N–H and O–H groups in total.